The van der Waals surface area contributed by atoms with Gasteiger partial charge >= 0.3 is 0 Å². The van der Waals surface area contributed by atoms with Crippen LogP contribution in [0.25, 0.3) is 0 Å². The summed E-state index contributed by atoms with van der Waals surface area (Å²) < 4.78 is 5.25. The lowest BCUT2D eigenvalue weighted by molar-refractivity contribution is 0.112. The highest BCUT2D eigenvalue weighted by molar-refractivity contribution is 7.15. The van der Waals surface area contributed by atoms with Gasteiger partial charge in [-0.05, 0) is 12.1 Å². The first-order valence-electron chi connectivity index (χ1n) is 3.48. The summed E-state index contributed by atoms with van der Waals surface area (Å²) in [5.41, 5.74) is 0. The minimum Gasteiger partial charge on any atom is -0.483 e. The molecule has 2 nitrogen and oxygen atoms in total. The van der Waals surface area contributed by atoms with Gasteiger partial charge in [-0.25, -0.2) is 0 Å². The molecule has 0 amide bonds. The van der Waals surface area contributed by atoms with Gasteiger partial charge < -0.3 is 4.74 Å². The van der Waals surface area contributed by atoms with Gasteiger partial charge in [0, 0.05) is 6.42 Å². The molecule has 0 saturated carbocycles. The van der Waals surface area contributed by atoms with Crippen molar-refractivity contribution in [2.24, 2.45) is 0 Å². The van der Waals surface area contributed by atoms with Crippen molar-refractivity contribution in [2.45, 2.75) is 6.42 Å². The van der Waals surface area contributed by atoms with Crippen molar-refractivity contribution < 1.29 is 9.53 Å². The predicted molar refractivity (Wildman–Crippen MR) is 48.7 cm³/mol. The van der Waals surface area contributed by atoms with E-state index in [-0.39, 0.29) is 0 Å². The lowest BCUT2D eigenvalue weighted by atomic mass is 10.5. The second-order valence-electron chi connectivity index (χ2n) is 2.08. The van der Waals surface area contributed by atoms with Gasteiger partial charge in [0.2, 0.25) is 0 Å². The summed E-state index contributed by atoms with van der Waals surface area (Å²) >= 11 is 1.32. The Hall–Kier alpha value is -1.27. The molecule has 0 atom stereocenters. The molecule has 0 radical (unpaired) electrons. The molecule has 1 heterocycles. The first kappa shape index (κ1) is 8.82. The third-order valence-electron chi connectivity index (χ3n) is 1.21. The second kappa shape index (κ2) is 4.58. The molecule has 0 spiro atoms. The van der Waals surface area contributed by atoms with E-state index in [1.807, 2.05) is 0 Å². The summed E-state index contributed by atoms with van der Waals surface area (Å²) in [7, 11) is 0. The van der Waals surface area contributed by atoms with Gasteiger partial charge in [0.25, 0.3) is 0 Å². The van der Waals surface area contributed by atoms with Crippen LogP contribution in [-0.2, 0) is 0 Å². The lowest BCUT2D eigenvalue weighted by Gasteiger charge is -1.97. The Morgan fingerprint density at radius 1 is 1.67 bits per heavy atom. The van der Waals surface area contributed by atoms with E-state index >= 15 is 0 Å². The molecule has 62 valence electrons. The molecular weight excluding hydrogens is 172 g/mol. The van der Waals surface area contributed by atoms with Gasteiger partial charge in [-0.3, -0.25) is 4.79 Å². The molecule has 0 aliphatic carbocycles. The second-order valence-corrected chi connectivity index (χ2v) is 3.16. The van der Waals surface area contributed by atoms with Crippen molar-refractivity contribution in [2.75, 3.05) is 6.61 Å². The monoisotopic (exact) mass is 180 g/mol. The molecule has 1 aromatic rings. The fourth-order valence-corrected chi connectivity index (χ4v) is 1.38. The van der Waals surface area contributed by atoms with Gasteiger partial charge in [0.1, 0.15) is 6.61 Å². The van der Waals surface area contributed by atoms with Gasteiger partial charge in [0.15, 0.2) is 11.3 Å². The van der Waals surface area contributed by atoms with Crippen LogP contribution in [0.15, 0.2) is 12.1 Å². The molecule has 1 rings (SSSR count). The zero-order valence-electron chi connectivity index (χ0n) is 6.45. The van der Waals surface area contributed by atoms with E-state index in [4.69, 9.17) is 11.2 Å². The Morgan fingerprint density at radius 3 is 3.08 bits per heavy atom. The molecular formula is C9H8O2S. The number of thiophene rings is 1. The number of rotatable bonds is 4. The summed E-state index contributed by atoms with van der Waals surface area (Å²) in [6.07, 6.45) is 6.44. The van der Waals surface area contributed by atoms with Crippen molar-refractivity contribution in [3.05, 3.63) is 17.0 Å². The number of carbonyl (C=O) groups is 1. The van der Waals surface area contributed by atoms with Crippen LogP contribution in [0.3, 0.4) is 0 Å². The largest absolute Gasteiger partial charge is 0.483 e. The molecule has 0 aromatic carbocycles. The standard InChI is InChI=1S/C9H8O2S/c1-2-3-6-11-9-5-4-8(7-10)12-9/h1,4-5,7H,3,6H2. The lowest BCUT2D eigenvalue weighted by Crippen LogP contribution is -1.92. The van der Waals surface area contributed by atoms with Crippen LogP contribution >= 0.6 is 11.3 Å². The first-order valence-corrected chi connectivity index (χ1v) is 4.29. The number of ether oxygens (including phenoxy) is 1. The van der Waals surface area contributed by atoms with Gasteiger partial charge in [-0.1, -0.05) is 11.3 Å². The number of aldehydes is 1. The normalized spacial score (nSPS) is 8.92. The Bertz CT molecular complexity index is 296. The van der Waals surface area contributed by atoms with Crippen LogP contribution in [0, 0.1) is 12.3 Å². The van der Waals surface area contributed by atoms with E-state index in [1.165, 1.54) is 11.3 Å². The molecule has 12 heavy (non-hydrogen) atoms. The van der Waals surface area contributed by atoms with Crippen molar-refractivity contribution in [3.63, 3.8) is 0 Å². The molecule has 0 N–H and O–H groups in total. The number of hydrogen-bond acceptors (Lipinski definition) is 3. The zero-order valence-corrected chi connectivity index (χ0v) is 7.26. The summed E-state index contributed by atoms with van der Waals surface area (Å²) in [6.45, 7) is 0.509. The highest BCUT2D eigenvalue weighted by atomic mass is 32.1. The Labute approximate surface area is 75.2 Å². The van der Waals surface area contributed by atoms with Gasteiger partial charge in [-0.15, -0.1) is 12.3 Å². The average Bonchev–Trinajstić information content (AvgIpc) is 2.53. The van der Waals surface area contributed by atoms with Crippen LogP contribution in [0.4, 0.5) is 0 Å². The van der Waals surface area contributed by atoms with E-state index in [2.05, 4.69) is 5.92 Å². The summed E-state index contributed by atoms with van der Waals surface area (Å²) in [5.74, 6) is 2.47. The van der Waals surface area contributed by atoms with Gasteiger partial charge in [-0.2, -0.15) is 0 Å². The van der Waals surface area contributed by atoms with Crippen LogP contribution in [0.1, 0.15) is 16.1 Å². The summed E-state index contributed by atoms with van der Waals surface area (Å²) in [6, 6.07) is 3.49. The fourth-order valence-electron chi connectivity index (χ4n) is 0.686. The van der Waals surface area contributed by atoms with Crippen molar-refractivity contribution in [1.82, 2.24) is 0 Å². The maximum Gasteiger partial charge on any atom is 0.174 e. The SMILES string of the molecule is C#CCCOc1ccc(C=O)s1. The molecule has 0 bridgehead atoms. The first-order chi connectivity index (χ1) is 5.86. The highest BCUT2D eigenvalue weighted by Crippen LogP contribution is 2.22. The van der Waals surface area contributed by atoms with Crippen LogP contribution in [-0.4, -0.2) is 12.9 Å². The molecule has 3 heteroatoms. The molecule has 0 fully saturated rings. The maximum absolute atomic E-state index is 10.3. The summed E-state index contributed by atoms with van der Waals surface area (Å²) in [5, 5.41) is 0.743. The zero-order chi connectivity index (χ0) is 8.81. The Kier molecular flexibility index (Phi) is 3.36. The van der Waals surface area contributed by atoms with Crippen LogP contribution < -0.4 is 4.74 Å². The van der Waals surface area contributed by atoms with Crippen molar-refractivity contribution in [3.8, 4) is 17.4 Å². The van der Waals surface area contributed by atoms with Crippen molar-refractivity contribution in [1.29, 1.82) is 0 Å². The van der Waals surface area contributed by atoms with Gasteiger partial charge in [0.05, 0.1) is 4.88 Å². The number of terminal acetylenes is 1. The molecule has 0 aliphatic rings. The fraction of sp³-hybridized carbons (Fsp3) is 0.222. The summed E-state index contributed by atoms with van der Waals surface area (Å²) in [4.78, 5) is 10.9. The molecule has 0 unspecified atom stereocenters. The molecule has 0 saturated heterocycles. The van der Waals surface area contributed by atoms with Crippen LogP contribution in [0.2, 0.25) is 0 Å². The quantitative estimate of drug-likeness (QED) is 0.402. The van der Waals surface area contributed by atoms with E-state index in [0.717, 1.165) is 11.3 Å². The molecule has 0 aliphatic heterocycles. The van der Waals surface area contributed by atoms with E-state index < -0.39 is 0 Å². The third kappa shape index (κ3) is 2.40. The van der Waals surface area contributed by atoms with E-state index in [1.54, 1.807) is 12.1 Å². The smallest absolute Gasteiger partial charge is 0.174 e. The minimum absolute atomic E-state index is 0.509. The van der Waals surface area contributed by atoms with E-state index in [9.17, 15) is 4.79 Å². The number of hydrogen-bond donors (Lipinski definition) is 0. The Morgan fingerprint density at radius 2 is 2.50 bits per heavy atom. The van der Waals surface area contributed by atoms with Crippen LogP contribution in [0.5, 0.6) is 5.06 Å². The average molecular weight is 180 g/mol. The van der Waals surface area contributed by atoms with E-state index in [0.29, 0.717) is 17.9 Å². The number of carbonyl (C=O) groups excluding carboxylic acids is 1. The highest BCUT2D eigenvalue weighted by Gasteiger charge is 1.98. The predicted octanol–water partition coefficient (Wildman–Crippen LogP) is 1.96. The minimum atomic E-state index is 0.509. The maximum atomic E-state index is 10.3. The third-order valence-corrected chi connectivity index (χ3v) is 2.13. The topological polar surface area (TPSA) is 26.3 Å². The molecule has 1 aromatic heterocycles. The Balaban J connectivity index is 2.42. The van der Waals surface area contributed by atoms with Crippen molar-refractivity contribution >= 4 is 17.6 Å².